The predicted octanol–water partition coefficient (Wildman–Crippen LogP) is 3.81. The fourth-order valence-corrected chi connectivity index (χ4v) is 2.95. The van der Waals surface area contributed by atoms with E-state index in [1.54, 1.807) is 12.1 Å². The summed E-state index contributed by atoms with van der Waals surface area (Å²) in [6, 6.07) is 5.43. The van der Waals surface area contributed by atoms with E-state index in [1.807, 2.05) is 7.05 Å². The molecule has 0 aliphatic heterocycles. The van der Waals surface area contributed by atoms with Crippen molar-refractivity contribution < 1.29 is 4.39 Å². The smallest absolute Gasteiger partial charge is 0.148 e. The van der Waals surface area contributed by atoms with Crippen molar-refractivity contribution in [2.75, 3.05) is 17.7 Å². The maximum Gasteiger partial charge on any atom is 0.148 e. The van der Waals surface area contributed by atoms with Crippen molar-refractivity contribution in [3.63, 3.8) is 0 Å². The summed E-state index contributed by atoms with van der Waals surface area (Å²) in [5.74, 6) is 0.654. The summed E-state index contributed by atoms with van der Waals surface area (Å²) in [7, 11) is 1.99. The molecule has 0 saturated heterocycles. The van der Waals surface area contributed by atoms with Gasteiger partial charge in [-0.3, -0.25) is 0 Å². The molecule has 0 atom stereocenters. The highest BCUT2D eigenvalue weighted by molar-refractivity contribution is 5.54. The number of nitrogen functional groups attached to an aromatic ring is 1. The summed E-state index contributed by atoms with van der Waals surface area (Å²) in [4.78, 5) is 2.08. The topological polar surface area (TPSA) is 29.3 Å². The molecule has 1 aromatic carbocycles. The van der Waals surface area contributed by atoms with Gasteiger partial charge in [-0.15, -0.1) is 0 Å². The SMILES string of the molecule is CCC1CCC(N(C)c2ccc(N)cc2F)CC1. The largest absolute Gasteiger partial charge is 0.399 e. The lowest BCUT2D eigenvalue weighted by Crippen LogP contribution is -2.35. The first kappa shape index (κ1) is 13.2. The Morgan fingerprint density at radius 2 is 1.94 bits per heavy atom. The Kier molecular flexibility index (Phi) is 4.10. The summed E-state index contributed by atoms with van der Waals surface area (Å²) in [6.07, 6.45) is 6.13. The molecule has 2 rings (SSSR count). The van der Waals surface area contributed by atoms with Crippen molar-refractivity contribution in [3.05, 3.63) is 24.0 Å². The van der Waals surface area contributed by atoms with Crippen molar-refractivity contribution >= 4 is 11.4 Å². The lowest BCUT2D eigenvalue weighted by Gasteiger charge is -2.36. The first-order valence-corrected chi connectivity index (χ1v) is 6.89. The number of hydrogen-bond acceptors (Lipinski definition) is 2. The van der Waals surface area contributed by atoms with E-state index in [4.69, 9.17) is 5.73 Å². The quantitative estimate of drug-likeness (QED) is 0.826. The molecule has 0 unspecified atom stereocenters. The minimum absolute atomic E-state index is 0.213. The second kappa shape index (κ2) is 5.59. The first-order valence-electron chi connectivity index (χ1n) is 6.89. The fraction of sp³-hybridized carbons (Fsp3) is 0.600. The third-order valence-electron chi connectivity index (χ3n) is 4.29. The third kappa shape index (κ3) is 2.77. The van der Waals surface area contributed by atoms with Crippen LogP contribution < -0.4 is 10.6 Å². The standard InChI is InChI=1S/C15H23FN2/c1-3-11-4-7-13(8-5-11)18(2)15-9-6-12(17)10-14(15)16/h6,9-11,13H,3-5,7-8,17H2,1-2H3. The molecular weight excluding hydrogens is 227 g/mol. The van der Waals surface area contributed by atoms with Gasteiger partial charge in [0, 0.05) is 18.8 Å². The van der Waals surface area contributed by atoms with Gasteiger partial charge in [-0.1, -0.05) is 13.3 Å². The van der Waals surface area contributed by atoms with Crippen LogP contribution in [0.25, 0.3) is 0 Å². The summed E-state index contributed by atoms with van der Waals surface area (Å²) >= 11 is 0. The van der Waals surface area contributed by atoms with Crippen molar-refractivity contribution in [3.8, 4) is 0 Å². The van der Waals surface area contributed by atoms with Crippen LogP contribution in [0.15, 0.2) is 18.2 Å². The van der Waals surface area contributed by atoms with Crippen molar-refractivity contribution in [2.45, 2.75) is 45.1 Å². The molecule has 0 bridgehead atoms. The summed E-state index contributed by atoms with van der Waals surface area (Å²) in [6.45, 7) is 2.26. The van der Waals surface area contributed by atoms with Gasteiger partial charge in [0.25, 0.3) is 0 Å². The van der Waals surface area contributed by atoms with E-state index in [1.165, 1.54) is 38.2 Å². The average molecular weight is 250 g/mol. The lowest BCUT2D eigenvalue weighted by atomic mass is 9.84. The highest BCUT2D eigenvalue weighted by atomic mass is 19.1. The van der Waals surface area contributed by atoms with E-state index in [-0.39, 0.29) is 5.82 Å². The zero-order valence-corrected chi connectivity index (χ0v) is 11.3. The van der Waals surface area contributed by atoms with Gasteiger partial charge in [0.15, 0.2) is 0 Å². The van der Waals surface area contributed by atoms with Crippen LogP contribution in [0.5, 0.6) is 0 Å². The predicted molar refractivity (Wildman–Crippen MR) is 75.3 cm³/mol. The molecule has 1 aliphatic rings. The number of nitrogens with two attached hydrogens (primary N) is 1. The molecule has 0 heterocycles. The van der Waals surface area contributed by atoms with E-state index < -0.39 is 0 Å². The summed E-state index contributed by atoms with van der Waals surface area (Å²) < 4.78 is 13.9. The maximum absolute atomic E-state index is 13.9. The second-order valence-corrected chi connectivity index (χ2v) is 5.40. The van der Waals surface area contributed by atoms with E-state index in [0.717, 1.165) is 5.92 Å². The number of halogens is 1. The molecule has 1 fully saturated rings. The zero-order chi connectivity index (χ0) is 13.1. The second-order valence-electron chi connectivity index (χ2n) is 5.40. The fourth-order valence-electron chi connectivity index (χ4n) is 2.95. The molecule has 1 saturated carbocycles. The number of rotatable bonds is 3. The minimum Gasteiger partial charge on any atom is -0.399 e. The molecule has 0 radical (unpaired) electrons. The Bertz CT molecular complexity index is 397. The normalized spacial score (nSPS) is 23.9. The van der Waals surface area contributed by atoms with Gasteiger partial charge in [0.1, 0.15) is 5.82 Å². The van der Waals surface area contributed by atoms with Gasteiger partial charge in [-0.05, 0) is 49.8 Å². The van der Waals surface area contributed by atoms with Gasteiger partial charge < -0.3 is 10.6 Å². The molecule has 18 heavy (non-hydrogen) atoms. The van der Waals surface area contributed by atoms with Gasteiger partial charge in [-0.25, -0.2) is 4.39 Å². The molecule has 0 spiro atoms. The van der Waals surface area contributed by atoms with Gasteiger partial charge >= 0.3 is 0 Å². The van der Waals surface area contributed by atoms with Crippen LogP contribution in [0.3, 0.4) is 0 Å². The van der Waals surface area contributed by atoms with Gasteiger partial charge in [-0.2, -0.15) is 0 Å². The monoisotopic (exact) mass is 250 g/mol. The van der Waals surface area contributed by atoms with Crippen molar-refractivity contribution in [2.24, 2.45) is 5.92 Å². The maximum atomic E-state index is 13.9. The Hall–Kier alpha value is -1.25. The third-order valence-corrected chi connectivity index (χ3v) is 4.29. The Morgan fingerprint density at radius 3 is 2.50 bits per heavy atom. The Labute approximate surface area is 109 Å². The van der Waals surface area contributed by atoms with Crippen LogP contribution >= 0.6 is 0 Å². The van der Waals surface area contributed by atoms with Crippen LogP contribution in [-0.2, 0) is 0 Å². The molecule has 100 valence electrons. The summed E-state index contributed by atoms with van der Waals surface area (Å²) in [5.41, 5.74) is 6.74. The van der Waals surface area contributed by atoms with E-state index in [0.29, 0.717) is 17.4 Å². The van der Waals surface area contributed by atoms with Crippen LogP contribution in [-0.4, -0.2) is 13.1 Å². The molecule has 2 N–H and O–H groups in total. The minimum atomic E-state index is -0.213. The highest BCUT2D eigenvalue weighted by Gasteiger charge is 2.24. The van der Waals surface area contributed by atoms with Crippen LogP contribution in [0.4, 0.5) is 15.8 Å². The number of benzene rings is 1. The van der Waals surface area contributed by atoms with E-state index in [9.17, 15) is 4.39 Å². The van der Waals surface area contributed by atoms with Gasteiger partial charge in [0.2, 0.25) is 0 Å². The van der Waals surface area contributed by atoms with Crippen molar-refractivity contribution in [1.82, 2.24) is 0 Å². The van der Waals surface area contributed by atoms with E-state index in [2.05, 4.69) is 11.8 Å². The first-order chi connectivity index (χ1) is 8.61. The van der Waals surface area contributed by atoms with Crippen LogP contribution in [0.1, 0.15) is 39.0 Å². The molecule has 2 nitrogen and oxygen atoms in total. The molecular formula is C15H23FN2. The van der Waals surface area contributed by atoms with Crippen LogP contribution in [0.2, 0.25) is 0 Å². The highest BCUT2D eigenvalue weighted by Crippen LogP contribution is 2.32. The van der Waals surface area contributed by atoms with E-state index >= 15 is 0 Å². The summed E-state index contributed by atoms with van der Waals surface area (Å²) in [5, 5.41) is 0. The lowest BCUT2D eigenvalue weighted by molar-refractivity contribution is 0.312. The molecule has 1 aliphatic carbocycles. The molecule has 0 aromatic heterocycles. The number of hydrogen-bond donors (Lipinski definition) is 1. The van der Waals surface area contributed by atoms with Crippen LogP contribution in [0, 0.1) is 11.7 Å². The average Bonchev–Trinajstić information content (AvgIpc) is 2.38. The molecule has 3 heteroatoms. The number of anilines is 2. The molecule has 0 amide bonds. The molecule has 1 aromatic rings. The van der Waals surface area contributed by atoms with Crippen molar-refractivity contribution in [1.29, 1.82) is 0 Å². The Balaban J connectivity index is 2.05. The Morgan fingerprint density at radius 1 is 1.28 bits per heavy atom. The number of nitrogens with zero attached hydrogens (tertiary/aromatic N) is 1. The van der Waals surface area contributed by atoms with Gasteiger partial charge in [0.05, 0.1) is 5.69 Å². The zero-order valence-electron chi connectivity index (χ0n) is 11.3.